The van der Waals surface area contributed by atoms with Gasteiger partial charge < -0.3 is 15.7 Å². The van der Waals surface area contributed by atoms with Gasteiger partial charge in [0.2, 0.25) is 0 Å². The summed E-state index contributed by atoms with van der Waals surface area (Å²) in [6.45, 7) is 1.62. The van der Waals surface area contributed by atoms with E-state index >= 15 is 0 Å². The van der Waals surface area contributed by atoms with Gasteiger partial charge in [0.1, 0.15) is 11.6 Å². The summed E-state index contributed by atoms with van der Waals surface area (Å²) in [5.74, 6) is 0.0913. The predicted molar refractivity (Wildman–Crippen MR) is 49.9 cm³/mol. The molecule has 1 aromatic carbocycles. The van der Waals surface area contributed by atoms with Crippen LogP contribution in [-0.2, 0) is 0 Å². The Bertz CT molecular complexity index is 324. The summed E-state index contributed by atoms with van der Waals surface area (Å²) in [4.78, 5) is 0. The first-order chi connectivity index (χ1) is 6.63. The van der Waals surface area contributed by atoms with Crippen LogP contribution in [0.2, 0.25) is 0 Å². The predicted octanol–water partition coefficient (Wildman–Crippen LogP) is 1.34. The molecule has 0 saturated heterocycles. The number of ether oxygens (including phenoxy) is 1. The highest BCUT2D eigenvalue weighted by atomic mass is 19.1. The molecule has 14 heavy (non-hydrogen) atoms. The van der Waals surface area contributed by atoms with Crippen LogP contribution in [0.25, 0.3) is 0 Å². The van der Waals surface area contributed by atoms with Crippen LogP contribution >= 0.6 is 0 Å². The number of halogens is 1. The molecule has 1 aromatic rings. The fourth-order valence-electron chi connectivity index (χ4n) is 0.859. The van der Waals surface area contributed by atoms with Gasteiger partial charge in [-0.1, -0.05) is 5.16 Å². The van der Waals surface area contributed by atoms with Crippen molar-refractivity contribution in [2.24, 2.45) is 10.9 Å². The maximum atomic E-state index is 12.5. The third-order valence-corrected chi connectivity index (χ3v) is 1.66. The van der Waals surface area contributed by atoms with Gasteiger partial charge in [-0.25, -0.2) is 4.39 Å². The Morgan fingerprint density at radius 3 is 2.57 bits per heavy atom. The van der Waals surface area contributed by atoms with Crippen LogP contribution in [0.1, 0.15) is 6.92 Å². The van der Waals surface area contributed by atoms with Gasteiger partial charge in [-0.15, -0.1) is 0 Å². The van der Waals surface area contributed by atoms with Gasteiger partial charge in [-0.2, -0.15) is 0 Å². The minimum absolute atomic E-state index is 0.0330. The van der Waals surface area contributed by atoms with Gasteiger partial charge in [-0.05, 0) is 31.2 Å². The molecule has 0 spiro atoms. The first-order valence-electron chi connectivity index (χ1n) is 4.03. The number of hydrogen-bond donors (Lipinski definition) is 2. The van der Waals surface area contributed by atoms with Crippen LogP contribution in [0.15, 0.2) is 29.4 Å². The third-order valence-electron chi connectivity index (χ3n) is 1.66. The van der Waals surface area contributed by atoms with Crippen LogP contribution in [0.4, 0.5) is 4.39 Å². The topological polar surface area (TPSA) is 67.8 Å². The largest absolute Gasteiger partial charge is 0.483 e. The van der Waals surface area contributed by atoms with Gasteiger partial charge in [0.15, 0.2) is 11.9 Å². The highest BCUT2D eigenvalue weighted by Crippen LogP contribution is 2.12. The SMILES string of the molecule is CC(Oc1ccc(F)cc1)/C(N)=N/O. The second-order valence-electron chi connectivity index (χ2n) is 2.74. The fourth-order valence-corrected chi connectivity index (χ4v) is 0.859. The molecule has 0 bridgehead atoms. The van der Waals surface area contributed by atoms with Crippen molar-refractivity contribution in [1.82, 2.24) is 0 Å². The van der Waals surface area contributed by atoms with Gasteiger partial charge >= 0.3 is 0 Å². The summed E-state index contributed by atoms with van der Waals surface area (Å²) >= 11 is 0. The zero-order valence-corrected chi connectivity index (χ0v) is 7.64. The van der Waals surface area contributed by atoms with Gasteiger partial charge in [0.25, 0.3) is 0 Å². The number of nitrogens with zero attached hydrogens (tertiary/aromatic N) is 1. The second kappa shape index (κ2) is 4.45. The lowest BCUT2D eigenvalue weighted by molar-refractivity contribution is 0.265. The van der Waals surface area contributed by atoms with E-state index in [9.17, 15) is 4.39 Å². The molecule has 3 N–H and O–H groups in total. The van der Waals surface area contributed by atoms with Crippen LogP contribution in [-0.4, -0.2) is 17.1 Å². The smallest absolute Gasteiger partial charge is 0.180 e. The Hall–Kier alpha value is -1.78. The molecule has 1 unspecified atom stereocenters. The number of oxime groups is 1. The van der Waals surface area contributed by atoms with Crippen molar-refractivity contribution in [1.29, 1.82) is 0 Å². The zero-order valence-electron chi connectivity index (χ0n) is 7.64. The molecule has 0 aliphatic heterocycles. The van der Waals surface area contributed by atoms with Crippen LogP contribution < -0.4 is 10.5 Å². The molecule has 1 atom stereocenters. The van der Waals surface area contributed by atoms with Crippen LogP contribution in [0, 0.1) is 5.82 Å². The second-order valence-corrected chi connectivity index (χ2v) is 2.74. The number of amidine groups is 1. The van der Waals surface area contributed by atoms with E-state index in [-0.39, 0.29) is 11.7 Å². The lowest BCUT2D eigenvalue weighted by atomic mass is 10.3. The molecule has 0 radical (unpaired) electrons. The molecular weight excluding hydrogens is 187 g/mol. The molecule has 0 fully saturated rings. The summed E-state index contributed by atoms with van der Waals surface area (Å²) in [5, 5.41) is 11.1. The minimum Gasteiger partial charge on any atom is -0.483 e. The number of rotatable bonds is 3. The van der Waals surface area contributed by atoms with Gasteiger partial charge in [0, 0.05) is 0 Å². The molecule has 4 nitrogen and oxygen atoms in total. The molecule has 1 rings (SSSR count). The molecule has 0 amide bonds. The quantitative estimate of drug-likeness (QED) is 0.333. The first-order valence-corrected chi connectivity index (χ1v) is 4.03. The summed E-state index contributed by atoms with van der Waals surface area (Å²) in [6, 6.07) is 5.48. The molecule has 0 aromatic heterocycles. The summed E-state index contributed by atoms with van der Waals surface area (Å²) in [5.41, 5.74) is 5.30. The molecule has 76 valence electrons. The highest BCUT2D eigenvalue weighted by Gasteiger charge is 2.08. The van der Waals surface area contributed by atoms with Gasteiger partial charge in [0.05, 0.1) is 0 Å². The number of hydrogen-bond acceptors (Lipinski definition) is 3. The van der Waals surface area contributed by atoms with E-state index in [1.807, 2.05) is 0 Å². The van der Waals surface area contributed by atoms with Crippen molar-refractivity contribution in [2.45, 2.75) is 13.0 Å². The average molecular weight is 198 g/mol. The molecule has 0 saturated carbocycles. The van der Waals surface area contributed by atoms with Crippen molar-refractivity contribution in [3.05, 3.63) is 30.1 Å². The van der Waals surface area contributed by atoms with Crippen molar-refractivity contribution in [3.63, 3.8) is 0 Å². The maximum Gasteiger partial charge on any atom is 0.180 e. The Kier molecular flexibility index (Phi) is 3.28. The van der Waals surface area contributed by atoms with E-state index in [4.69, 9.17) is 15.7 Å². The molecule has 0 aliphatic carbocycles. The summed E-state index contributed by atoms with van der Waals surface area (Å²) in [6.07, 6.45) is -0.550. The standard InChI is InChI=1S/C9H11FN2O2/c1-6(9(11)12-13)14-8-4-2-7(10)3-5-8/h2-6,13H,1H3,(H2,11,12). The Morgan fingerprint density at radius 2 is 2.07 bits per heavy atom. The summed E-state index contributed by atoms with van der Waals surface area (Å²) in [7, 11) is 0. The van der Waals surface area contributed by atoms with Crippen molar-refractivity contribution < 1.29 is 14.3 Å². The monoisotopic (exact) mass is 198 g/mol. The maximum absolute atomic E-state index is 12.5. The van der Waals surface area contributed by atoms with E-state index in [1.54, 1.807) is 6.92 Å². The highest BCUT2D eigenvalue weighted by molar-refractivity contribution is 5.84. The van der Waals surface area contributed by atoms with Crippen LogP contribution in [0.3, 0.4) is 0 Å². The van der Waals surface area contributed by atoms with E-state index in [1.165, 1.54) is 24.3 Å². The molecule has 0 heterocycles. The van der Waals surface area contributed by atoms with Crippen molar-refractivity contribution in [3.8, 4) is 5.75 Å². The Morgan fingerprint density at radius 1 is 1.50 bits per heavy atom. The molecular formula is C9H11FN2O2. The number of nitrogens with two attached hydrogens (primary N) is 1. The van der Waals surface area contributed by atoms with E-state index in [2.05, 4.69) is 5.16 Å². The lowest BCUT2D eigenvalue weighted by Gasteiger charge is -2.12. The number of benzene rings is 1. The molecule has 5 heteroatoms. The average Bonchev–Trinajstić information content (AvgIpc) is 2.20. The summed E-state index contributed by atoms with van der Waals surface area (Å²) < 4.78 is 17.7. The minimum atomic E-state index is -0.550. The van der Waals surface area contributed by atoms with E-state index in [0.29, 0.717) is 5.75 Å². The molecule has 0 aliphatic rings. The van der Waals surface area contributed by atoms with E-state index < -0.39 is 6.10 Å². The lowest BCUT2D eigenvalue weighted by Crippen LogP contribution is -2.31. The zero-order chi connectivity index (χ0) is 10.6. The normalized spacial score (nSPS) is 13.7. The third kappa shape index (κ3) is 2.62. The first kappa shape index (κ1) is 10.3. The Labute approximate surface area is 80.8 Å². The fraction of sp³-hybridized carbons (Fsp3) is 0.222. The van der Waals surface area contributed by atoms with Gasteiger partial charge in [-0.3, -0.25) is 0 Å². The van der Waals surface area contributed by atoms with Crippen molar-refractivity contribution >= 4 is 5.84 Å². The van der Waals surface area contributed by atoms with Crippen LogP contribution in [0.5, 0.6) is 5.75 Å². The van der Waals surface area contributed by atoms with E-state index in [0.717, 1.165) is 0 Å². The Balaban J connectivity index is 2.65. The van der Waals surface area contributed by atoms with Crippen molar-refractivity contribution in [2.75, 3.05) is 0 Å².